The molecule has 0 atom stereocenters. The lowest BCUT2D eigenvalue weighted by Gasteiger charge is -2.27. The standard InChI is InChI=1S/C16H24BrNO2/c1-16(2,3)14-8-6-5-7-13(14)15(19)18(10-9-17)11-12-20-4/h5-8H,9-12H2,1-4H3. The molecule has 0 aliphatic rings. The topological polar surface area (TPSA) is 29.5 Å². The Kier molecular flexibility index (Phi) is 6.69. The molecule has 0 saturated heterocycles. The summed E-state index contributed by atoms with van der Waals surface area (Å²) >= 11 is 3.41. The summed E-state index contributed by atoms with van der Waals surface area (Å²) in [6, 6.07) is 7.86. The van der Waals surface area contributed by atoms with Gasteiger partial charge in [-0.1, -0.05) is 54.9 Å². The molecule has 0 spiro atoms. The molecule has 0 heterocycles. The molecule has 1 rings (SSSR count). The number of hydrogen-bond acceptors (Lipinski definition) is 2. The van der Waals surface area contributed by atoms with Gasteiger partial charge in [-0.05, 0) is 17.0 Å². The Morgan fingerprint density at radius 1 is 1.25 bits per heavy atom. The summed E-state index contributed by atoms with van der Waals surface area (Å²) in [5.41, 5.74) is 1.83. The second-order valence-corrected chi connectivity index (χ2v) is 6.56. The molecule has 0 radical (unpaired) electrons. The third-order valence-electron chi connectivity index (χ3n) is 3.17. The van der Waals surface area contributed by atoms with Gasteiger partial charge in [-0.2, -0.15) is 0 Å². The second kappa shape index (κ2) is 7.79. The Labute approximate surface area is 130 Å². The van der Waals surface area contributed by atoms with E-state index in [1.807, 2.05) is 29.2 Å². The first-order valence-electron chi connectivity index (χ1n) is 6.85. The molecule has 0 saturated carbocycles. The number of rotatable bonds is 6. The Bertz CT molecular complexity index is 440. The maximum absolute atomic E-state index is 12.8. The summed E-state index contributed by atoms with van der Waals surface area (Å²) in [5.74, 6) is 0.0759. The van der Waals surface area contributed by atoms with Crippen LogP contribution >= 0.6 is 15.9 Å². The van der Waals surface area contributed by atoms with Crippen LogP contribution in [-0.2, 0) is 10.2 Å². The first-order valence-corrected chi connectivity index (χ1v) is 7.97. The fourth-order valence-corrected chi connectivity index (χ4v) is 2.54. The summed E-state index contributed by atoms with van der Waals surface area (Å²) in [5, 5.41) is 0.764. The highest BCUT2D eigenvalue weighted by molar-refractivity contribution is 9.09. The van der Waals surface area contributed by atoms with Crippen LogP contribution in [0.5, 0.6) is 0 Å². The lowest BCUT2D eigenvalue weighted by molar-refractivity contribution is 0.0706. The zero-order valence-electron chi connectivity index (χ0n) is 12.8. The largest absolute Gasteiger partial charge is 0.383 e. The zero-order chi connectivity index (χ0) is 15.2. The molecule has 1 amide bonds. The summed E-state index contributed by atoms with van der Waals surface area (Å²) in [4.78, 5) is 14.6. The van der Waals surface area contributed by atoms with Crippen LogP contribution in [-0.4, -0.2) is 42.9 Å². The third kappa shape index (κ3) is 4.60. The molecule has 3 nitrogen and oxygen atoms in total. The van der Waals surface area contributed by atoms with Crippen LogP contribution in [0.1, 0.15) is 36.7 Å². The molecule has 0 aromatic heterocycles. The van der Waals surface area contributed by atoms with Gasteiger partial charge in [-0.15, -0.1) is 0 Å². The number of carbonyl (C=O) groups excluding carboxylic acids is 1. The highest BCUT2D eigenvalue weighted by Gasteiger charge is 2.24. The molecule has 0 aliphatic carbocycles. The molecule has 0 bridgehead atoms. The number of alkyl halides is 1. The average molecular weight is 342 g/mol. The molecule has 0 fully saturated rings. The molecule has 0 aliphatic heterocycles. The number of halogens is 1. The molecular weight excluding hydrogens is 318 g/mol. The van der Waals surface area contributed by atoms with Crippen LogP contribution in [0.2, 0.25) is 0 Å². The summed E-state index contributed by atoms with van der Waals surface area (Å²) in [7, 11) is 1.65. The van der Waals surface area contributed by atoms with Gasteiger partial charge in [0.1, 0.15) is 0 Å². The average Bonchev–Trinajstić information content (AvgIpc) is 2.42. The van der Waals surface area contributed by atoms with E-state index in [-0.39, 0.29) is 11.3 Å². The first-order chi connectivity index (χ1) is 9.41. The van der Waals surface area contributed by atoms with Crippen molar-refractivity contribution in [2.45, 2.75) is 26.2 Å². The molecule has 1 aromatic rings. The Morgan fingerprint density at radius 3 is 2.45 bits per heavy atom. The predicted molar refractivity (Wildman–Crippen MR) is 86.7 cm³/mol. The molecule has 0 N–H and O–H groups in total. The van der Waals surface area contributed by atoms with E-state index in [0.29, 0.717) is 19.7 Å². The maximum atomic E-state index is 12.8. The predicted octanol–water partition coefficient (Wildman–Crippen LogP) is 3.47. The quantitative estimate of drug-likeness (QED) is 0.741. The van der Waals surface area contributed by atoms with Crippen molar-refractivity contribution in [2.24, 2.45) is 0 Å². The van der Waals surface area contributed by atoms with E-state index >= 15 is 0 Å². The van der Waals surface area contributed by atoms with Gasteiger partial charge < -0.3 is 9.64 Å². The number of carbonyl (C=O) groups is 1. The zero-order valence-corrected chi connectivity index (χ0v) is 14.4. The normalized spacial score (nSPS) is 11.4. The van der Waals surface area contributed by atoms with Crippen molar-refractivity contribution in [1.29, 1.82) is 0 Å². The molecule has 4 heteroatoms. The maximum Gasteiger partial charge on any atom is 0.254 e. The molecule has 1 aromatic carbocycles. The van der Waals surface area contributed by atoms with Gasteiger partial charge in [0.15, 0.2) is 0 Å². The van der Waals surface area contributed by atoms with Crippen molar-refractivity contribution in [3.05, 3.63) is 35.4 Å². The SMILES string of the molecule is COCCN(CCBr)C(=O)c1ccccc1C(C)(C)C. The highest BCUT2D eigenvalue weighted by atomic mass is 79.9. The monoisotopic (exact) mass is 341 g/mol. The van der Waals surface area contributed by atoms with E-state index in [4.69, 9.17) is 4.74 Å². The van der Waals surface area contributed by atoms with Crippen molar-refractivity contribution in [3.8, 4) is 0 Å². The van der Waals surface area contributed by atoms with Crippen molar-refractivity contribution in [2.75, 3.05) is 32.1 Å². The van der Waals surface area contributed by atoms with Crippen molar-refractivity contribution in [3.63, 3.8) is 0 Å². The number of ether oxygens (including phenoxy) is 1. The Balaban J connectivity index is 3.05. The van der Waals surface area contributed by atoms with Gasteiger partial charge in [0.2, 0.25) is 0 Å². The van der Waals surface area contributed by atoms with Gasteiger partial charge in [-0.3, -0.25) is 4.79 Å². The number of benzene rings is 1. The van der Waals surface area contributed by atoms with E-state index in [2.05, 4.69) is 36.7 Å². The van der Waals surface area contributed by atoms with Crippen LogP contribution in [0.3, 0.4) is 0 Å². The minimum absolute atomic E-state index is 0.0480. The van der Waals surface area contributed by atoms with Gasteiger partial charge >= 0.3 is 0 Å². The molecule has 20 heavy (non-hydrogen) atoms. The van der Waals surface area contributed by atoms with Crippen LogP contribution in [0.15, 0.2) is 24.3 Å². The third-order valence-corrected chi connectivity index (χ3v) is 3.53. The number of hydrogen-bond donors (Lipinski definition) is 0. The second-order valence-electron chi connectivity index (χ2n) is 5.77. The van der Waals surface area contributed by atoms with Gasteiger partial charge in [-0.25, -0.2) is 0 Å². The highest BCUT2D eigenvalue weighted by Crippen LogP contribution is 2.26. The van der Waals surface area contributed by atoms with E-state index in [9.17, 15) is 4.79 Å². The molecular formula is C16H24BrNO2. The van der Waals surface area contributed by atoms with E-state index in [0.717, 1.165) is 16.5 Å². The number of amides is 1. The number of nitrogens with zero attached hydrogens (tertiary/aromatic N) is 1. The minimum atomic E-state index is -0.0480. The summed E-state index contributed by atoms with van der Waals surface area (Å²) in [6.45, 7) is 8.23. The fourth-order valence-electron chi connectivity index (χ4n) is 2.11. The van der Waals surface area contributed by atoms with Crippen LogP contribution in [0, 0.1) is 0 Å². The smallest absolute Gasteiger partial charge is 0.254 e. The van der Waals surface area contributed by atoms with Crippen LogP contribution in [0.4, 0.5) is 0 Å². The van der Waals surface area contributed by atoms with Crippen LogP contribution in [0.25, 0.3) is 0 Å². The lowest BCUT2D eigenvalue weighted by Crippen LogP contribution is -2.36. The van der Waals surface area contributed by atoms with Crippen molar-refractivity contribution >= 4 is 21.8 Å². The lowest BCUT2D eigenvalue weighted by atomic mass is 9.83. The van der Waals surface area contributed by atoms with Crippen LogP contribution < -0.4 is 0 Å². The minimum Gasteiger partial charge on any atom is -0.383 e. The van der Waals surface area contributed by atoms with Gasteiger partial charge in [0, 0.05) is 31.1 Å². The van der Waals surface area contributed by atoms with Crippen molar-refractivity contribution in [1.82, 2.24) is 4.90 Å². The Morgan fingerprint density at radius 2 is 1.90 bits per heavy atom. The fraction of sp³-hybridized carbons (Fsp3) is 0.562. The van der Waals surface area contributed by atoms with E-state index in [1.165, 1.54) is 0 Å². The van der Waals surface area contributed by atoms with Crippen molar-refractivity contribution < 1.29 is 9.53 Å². The summed E-state index contributed by atoms with van der Waals surface area (Å²) < 4.78 is 5.09. The van der Waals surface area contributed by atoms with E-state index in [1.54, 1.807) is 7.11 Å². The molecule has 0 unspecified atom stereocenters. The number of methoxy groups -OCH3 is 1. The first kappa shape index (κ1) is 17.2. The summed E-state index contributed by atoms with van der Waals surface area (Å²) in [6.07, 6.45) is 0. The van der Waals surface area contributed by atoms with Gasteiger partial charge in [0.25, 0.3) is 5.91 Å². The van der Waals surface area contributed by atoms with E-state index < -0.39 is 0 Å². The van der Waals surface area contributed by atoms with Gasteiger partial charge in [0.05, 0.1) is 6.61 Å². The Hall–Kier alpha value is -0.870. The molecule has 112 valence electrons.